The van der Waals surface area contributed by atoms with Crippen molar-refractivity contribution in [2.45, 2.75) is 20.4 Å². The van der Waals surface area contributed by atoms with Crippen LogP contribution >= 0.6 is 0 Å². The van der Waals surface area contributed by atoms with Crippen molar-refractivity contribution in [3.63, 3.8) is 0 Å². The molecular weight excluding hydrogens is 435 g/mol. The maximum Gasteiger partial charge on any atom is 0.267 e. The molecule has 1 saturated heterocycles. The van der Waals surface area contributed by atoms with Crippen molar-refractivity contribution < 1.29 is 13.9 Å². The molecule has 1 aliphatic heterocycles. The van der Waals surface area contributed by atoms with Gasteiger partial charge < -0.3 is 24.4 Å². The van der Waals surface area contributed by atoms with E-state index in [2.05, 4.69) is 10.2 Å². The Kier molecular flexibility index (Phi) is 6.88. The summed E-state index contributed by atoms with van der Waals surface area (Å²) in [5.41, 5.74) is 1.10. The molecule has 3 aromatic rings. The van der Waals surface area contributed by atoms with Crippen molar-refractivity contribution in [2.75, 3.05) is 50.6 Å². The van der Waals surface area contributed by atoms with Gasteiger partial charge in [0.1, 0.15) is 17.1 Å². The fraction of sp³-hybridized carbons (Fsp3) is 0.385. The lowest BCUT2D eigenvalue weighted by molar-refractivity contribution is 0.102. The number of anilines is 2. The van der Waals surface area contributed by atoms with Crippen LogP contribution < -0.4 is 20.5 Å². The summed E-state index contributed by atoms with van der Waals surface area (Å²) in [4.78, 5) is 31.0. The minimum atomic E-state index is -0.582. The maximum absolute atomic E-state index is 14.6. The van der Waals surface area contributed by atoms with Gasteiger partial charge in [-0.2, -0.15) is 0 Å². The SMILES string of the molecule is COc1c(C(=O)Nc2ccc(F)c(N3CCN(C)CC3)c2)c(=O)n(CC(C)C)c2ccccc12. The fourth-order valence-electron chi connectivity index (χ4n) is 4.41. The molecule has 0 radical (unpaired) electrons. The molecule has 1 aliphatic rings. The van der Waals surface area contributed by atoms with Crippen molar-refractivity contribution >= 4 is 28.2 Å². The Balaban J connectivity index is 1.73. The lowest BCUT2D eigenvalue weighted by Gasteiger charge is -2.34. The molecule has 0 bridgehead atoms. The monoisotopic (exact) mass is 466 g/mol. The van der Waals surface area contributed by atoms with Gasteiger partial charge in [0.2, 0.25) is 0 Å². The number of carbonyl (C=O) groups is 1. The lowest BCUT2D eigenvalue weighted by atomic mass is 10.1. The number of piperazine rings is 1. The normalized spacial score (nSPS) is 14.6. The first-order chi connectivity index (χ1) is 16.3. The van der Waals surface area contributed by atoms with Crippen LogP contribution in [0.1, 0.15) is 24.2 Å². The van der Waals surface area contributed by atoms with E-state index in [0.717, 1.165) is 13.1 Å². The zero-order valence-corrected chi connectivity index (χ0v) is 20.1. The molecule has 4 rings (SSSR count). The number of amides is 1. The Bertz CT molecular complexity index is 1260. The number of rotatable bonds is 6. The summed E-state index contributed by atoms with van der Waals surface area (Å²) in [6.07, 6.45) is 0. The number of ether oxygens (including phenoxy) is 1. The van der Waals surface area contributed by atoms with Crippen LogP contribution in [0.25, 0.3) is 10.9 Å². The molecule has 2 aromatic carbocycles. The smallest absolute Gasteiger partial charge is 0.267 e. The summed E-state index contributed by atoms with van der Waals surface area (Å²) in [6.45, 7) is 7.56. The standard InChI is InChI=1S/C26H31FN4O3/c1-17(2)16-31-21-8-6-5-7-19(21)24(34-4)23(26(31)33)25(32)28-18-9-10-20(27)22(15-18)30-13-11-29(3)12-14-30/h5-10,15,17H,11-14,16H2,1-4H3,(H,28,32). The van der Waals surface area contributed by atoms with Crippen molar-refractivity contribution in [3.8, 4) is 5.75 Å². The third-order valence-electron chi connectivity index (χ3n) is 6.15. The summed E-state index contributed by atoms with van der Waals surface area (Å²) in [6, 6.07) is 11.9. The van der Waals surface area contributed by atoms with Gasteiger partial charge in [-0.25, -0.2) is 4.39 Å². The van der Waals surface area contributed by atoms with Crippen LogP contribution in [0.4, 0.5) is 15.8 Å². The molecule has 0 spiro atoms. The van der Waals surface area contributed by atoms with E-state index in [1.807, 2.05) is 50.1 Å². The van der Waals surface area contributed by atoms with Gasteiger partial charge in [-0.05, 0) is 43.3 Å². The number of nitrogens with zero attached hydrogens (tertiary/aromatic N) is 3. The Morgan fingerprint density at radius 3 is 2.50 bits per heavy atom. The number of para-hydroxylation sites is 1. The van der Waals surface area contributed by atoms with Gasteiger partial charge >= 0.3 is 0 Å². The summed E-state index contributed by atoms with van der Waals surface area (Å²) in [7, 11) is 3.49. The molecule has 1 fully saturated rings. The molecule has 1 amide bonds. The molecule has 0 atom stereocenters. The number of aromatic nitrogens is 1. The number of pyridine rings is 1. The predicted molar refractivity (Wildman–Crippen MR) is 134 cm³/mol. The topological polar surface area (TPSA) is 66.8 Å². The van der Waals surface area contributed by atoms with Crippen molar-refractivity contribution in [1.82, 2.24) is 9.47 Å². The van der Waals surface area contributed by atoms with Gasteiger partial charge in [0.15, 0.2) is 0 Å². The van der Waals surface area contributed by atoms with Crippen molar-refractivity contribution in [3.05, 3.63) is 64.2 Å². The number of hydrogen-bond donors (Lipinski definition) is 1. The summed E-state index contributed by atoms with van der Waals surface area (Å²) < 4.78 is 21.8. The average molecular weight is 467 g/mol. The van der Waals surface area contributed by atoms with Gasteiger partial charge in [-0.1, -0.05) is 26.0 Å². The highest BCUT2D eigenvalue weighted by molar-refractivity contribution is 6.09. The summed E-state index contributed by atoms with van der Waals surface area (Å²) >= 11 is 0. The number of likely N-dealkylation sites (N-methyl/N-ethyl adjacent to an activating group) is 1. The van der Waals surface area contributed by atoms with E-state index in [-0.39, 0.29) is 23.0 Å². The lowest BCUT2D eigenvalue weighted by Crippen LogP contribution is -2.44. The molecule has 2 heterocycles. The second-order valence-electron chi connectivity index (χ2n) is 9.15. The van der Waals surface area contributed by atoms with E-state index in [9.17, 15) is 14.0 Å². The van der Waals surface area contributed by atoms with Crippen LogP contribution in [0, 0.1) is 11.7 Å². The Morgan fingerprint density at radius 1 is 1.12 bits per heavy atom. The highest BCUT2D eigenvalue weighted by Gasteiger charge is 2.24. The van der Waals surface area contributed by atoms with Crippen LogP contribution in [0.5, 0.6) is 5.75 Å². The molecule has 0 unspecified atom stereocenters. The number of methoxy groups -OCH3 is 1. The van der Waals surface area contributed by atoms with Crippen LogP contribution in [0.2, 0.25) is 0 Å². The van der Waals surface area contributed by atoms with Crippen molar-refractivity contribution in [1.29, 1.82) is 0 Å². The van der Waals surface area contributed by atoms with Gasteiger partial charge in [-0.3, -0.25) is 9.59 Å². The second-order valence-corrected chi connectivity index (χ2v) is 9.15. The van der Waals surface area contributed by atoms with Gasteiger partial charge in [-0.15, -0.1) is 0 Å². The molecular formula is C26H31FN4O3. The van der Waals surface area contributed by atoms with Gasteiger partial charge in [0.25, 0.3) is 11.5 Å². The summed E-state index contributed by atoms with van der Waals surface area (Å²) in [5.74, 6) is -0.487. The average Bonchev–Trinajstić information content (AvgIpc) is 2.82. The number of nitrogens with one attached hydrogen (secondary N) is 1. The molecule has 1 N–H and O–H groups in total. The van der Waals surface area contributed by atoms with E-state index >= 15 is 0 Å². The van der Waals surface area contributed by atoms with Gasteiger partial charge in [0.05, 0.1) is 18.3 Å². The van der Waals surface area contributed by atoms with E-state index in [4.69, 9.17) is 4.74 Å². The highest BCUT2D eigenvalue weighted by Crippen LogP contribution is 2.29. The van der Waals surface area contributed by atoms with Crippen LogP contribution in [-0.4, -0.2) is 55.7 Å². The highest BCUT2D eigenvalue weighted by atomic mass is 19.1. The first-order valence-corrected chi connectivity index (χ1v) is 11.5. The largest absolute Gasteiger partial charge is 0.495 e. The zero-order chi connectivity index (χ0) is 24.4. The molecule has 0 saturated carbocycles. The quantitative estimate of drug-likeness (QED) is 0.599. The Morgan fingerprint density at radius 2 is 1.82 bits per heavy atom. The molecule has 180 valence electrons. The minimum absolute atomic E-state index is 0.0627. The number of fused-ring (bicyclic) bond motifs is 1. The van der Waals surface area contributed by atoms with Crippen LogP contribution in [0.3, 0.4) is 0 Å². The molecule has 8 heteroatoms. The first kappa shape index (κ1) is 23.8. The number of halogens is 1. The minimum Gasteiger partial charge on any atom is -0.495 e. The number of carbonyl (C=O) groups excluding carboxylic acids is 1. The third kappa shape index (κ3) is 4.63. The van der Waals surface area contributed by atoms with E-state index < -0.39 is 11.5 Å². The fourth-order valence-corrected chi connectivity index (χ4v) is 4.41. The molecule has 7 nitrogen and oxygen atoms in total. The van der Waals surface area contributed by atoms with Crippen LogP contribution in [-0.2, 0) is 6.54 Å². The number of benzene rings is 2. The van der Waals surface area contributed by atoms with E-state index in [1.54, 1.807) is 10.6 Å². The molecule has 1 aromatic heterocycles. The predicted octanol–water partition coefficient (Wildman–Crippen LogP) is 3.81. The zero-order valence-electron chi connectivity index (χ0n) is 20.1. The Hall–Kier alpha value is -3.39. The number of hydrogen-bond acceptors (Lipinski definition) is 5. The Labute approximate surface area is 198 Å². The third-order valence-corrected chi connectivity index (χ3v) is 6.15. The van der Waals surface area contributed by atoms with Gasteiger partial charge in [0, 0.05) is 43.8 Å². The molecule has 34 heavy (non-hydrogen) atoms. The second kappa shape index (κ2) is 9.85. The first-order valence-electron chi connectivity index (χ1n) is 11.5. The van der Waals surface area contributed by atoms with Crippen molar-refractivity contribution in [2.24, 2.45) is 5.92 Å². The van der Waals surface area contributed by atoms with E-state index in [0.29, 0.717) is 41.9 Å². The van der Waals surface area contributed by atoms with E-state index in [1.165, 1.54) is 19.2 Å². The molecule has 0 aliphatic carbocycles. The van der Waals surface area contributed by atoms with Crippen LogP contribution in [0.15, 0.2) is 47.3 Å². The summed E-state index contributed by atoms with van der Waals surface area (Å²) in [5, 5.41) is 3.49. The maximum atomic E-state index is 14.6.